The highest BCUT2D eigenvalue weighted by Gasteiger charge is 2.26. The Hall–Kier alpha value is -3.52. The van der Waals surface area contributed by atoms with Gasteiger partial charge >= 0.3 is 0 Å². The smallest absolute Gasteiger partial charge is 0.227 e. The molecule has 1 aromatic carbocycles. The lowest BCUT2D eigenvalue weighted by Crippen LogP contribution is -2.43. The average Bonchev–Trinajstić information content (AvgIpc) is 2.79. The first-order valence-corrected chi connectivity index (χ1v) is 10.6. The molecule has 4 rings (SSSR count). The number of nitrogens with zero attached hydrogens (tertiary/aromatic N) is 4. The van der Waals surface area contributed by atoms with Crippen LogP contribution in [0.1, 0.15) is 28.7 Å². The largest absolute Gasteiger partial charge is 0.497 e. The van der Waals surface area contributed by atoms with Crippen molar-refractivity contribution in [3.8, 4) is 5.75 Å². The van der Waals surface area contributed by atoms with E-state index in [9.17, 15) is 4.79 Å². The van der Waals surface area contributed by atoms with Gasteiger partial charge in [-0.15, -0.1) is 0 Å². The minimum Gasteiger partial charge on any atom is -0.497 e. The van der Waals surface area contributed by atoms with Crippen LogP contribution in [-0.2, 0) is 16.0 Å². The Labute approximate surface area is 187 Å². The molecule has 0 bridgehead atoms. The van der Waals surface area contributed by atoms with E-state index in [0.717, 1.165) is 34.1 Å². The molecule has 32 heavy (non-hydrogen) atoms. The second kappa shape index (κ2) is 9.74. The molecule has 1 atom stereocenters. The molecule has 2 aromatic heterocycles. The van der Waals surface area contributed by atoms with Gasteiger partial charge in [0.1, 0.15) is 11.9 Å². The maximum absolute atomic E-state index is 12.8. The minimum atomic E-state index is -0.260. The molecule has 1 aliphatic rings. The van der Waals surface area contributed by atoms with Gasteiger partial charge in [0, 0.05) is 17.9 Å². The number of hydrogen-bond donors (Lipinski definition) is 1. The molecule has 166 valence electrons. The molecular weight excluding hydrogens is 406 g/mol. The van der Waals surface area contributed by atoms with Crippen molar-refractivity contribution in [2.75, 3.05) is 32.1 Å². The summed E-state index contributed by atoms with van der Waals surface area (Å²) in [5.74, 6) is 1.36. The highest BCUT2D eigenvalue weighted by molar-refractivity contribution is 5.79. The van der Waals surface area contributed by atoms with Crippen LogP contribution in [0.4, 0.5) is 11.6 Å². The number of methoxy groups -OCH3 is 1. The van der Waals surface area contributed by atoms with E-state index < -0.39 is 0 Å². The van der Waals surface area contributed by atoms with E-state index >= 15 is 0 Å². The predicted octanol–water partition coefficient (Wildman–Crippen LogP) is 3.38. The number of ether oxygens (including phenoxy) is 2. The molecule has 1 fully saturated rings. The van der Waals surface area contributed by atoms with Crippen LogP contribution >= 0.6 is 0 Å². The van der Waals surface area contributed by atoms with Crippen LogP contribution in [0.5, 0.6) is 5.75 Å². The molecule has 0 saturated carbocycles. The number of aromatic nitrogens is 3. The van der Waals surface area contributed by atoms with Gasteiger partial charge in [-0.3, -0.25) is 9.78 Å². The maximum atomic E-state index is 12.8. The topological polar surface area (TPSA) is 89.5 Å². The number of amides is 1. The van der Waals surface area contributed by atoms with Gasteiger partial charge in [0.05, 0.1) is 44.3 Å². The van der Waals surface area contributed by atoms with Gasteiger partial charge in [0.15, 0.2) is 0 Å². The third-order valence-corrected chi connectivity index (χ3v) is 5.26. The Kier molecular flexibility index (Phi) is 6.61. The van der Waals surface area contributed by atoms with E-state index in [1.807, 2.05) is 61.2 Å². The lowest BCUT2D eigenvalue weighted by Gasteiger charge is -2.32. The number of morpholine rings is 1. The van der Waals surface area contributed by atoms with Crippen LogP contribution < -0.4 is 10.1 Å². The maximum Gasteiger partial charge on any atom is 0.227 e. The third kappa shape index (κ3) is 5.39. The van der Waals surface area contributed by atoms with Crippen LogP contribution in [-0.4, -0.2) is 52.6 Å². The highest BCUT2D eigenvalue weighted by Crippen LogP contribution is 2.23. The number of benzene rings is 1. The molecule has 3 aromatic rings. The second-order valence-corrected chi connectivity index (χ2v) is 7.80. The molecule has 0 aliphatic carbocycles. The fourth-order valence-electron chi connectivity index (χ4n) is 3.70. The Morgan fingerprint density at radius 1 is 1.19 bits per heavy atom. The number of nitrogens with one attached hydrogen (secondary N) is 1. The van der Waals surface area contributed by atoms with E-state index in [1.165, 1.54) is 0 Å². The first-order chi connectivity index (χ1) is 15.5. The number of anilines is 2. The number of rotatable bonds is 6. The first-order valence-electron chi connectivity index (χ1n) is 10.6. The SMILES string of the molecule is COc1cccc(CC(=O)N2CCO[C@@H](c3ccc(Nc4nc(C)cc(C)n4)cn3)C2)c1. The normalized spacial score (nSPS) is 16.0. The second-order valence-electron chi connectivity index (χ2n) is 7.80. The summed E-state index contributed by atoms with van der Waals surface area (Å²) in [7, 11) is 1.62. The molecule has 3 heterocycles. The van der Waals surface area contributed by atoms with Crippen LogP contribution in [0.25, 0.3) is 0 Å². The van der Waals surface area contributed by atoms with E-state index in [-0.39, 0.29) is 12.0 Å². The van der Waals surface area contributed by atoms with Crippen molar-refractivity contribution in [1.29, 1.82) is 0 Å². The number of carbonyl (C=O) groups is 1. The molecule has 8 nitrogen and oxygen atoms in total. The summed E-state index contributed by atoms with van der Waals surface area (Å²) in [6.45, 7) is 5.39. The minimum absolute atomic E-state index is 0.0665. The number of hydrogen-bond acceptors (Lipinski definition) is 7. The summed E-state index contributed by atoms with van der Waals surface area (Å²) < 4.78 is 11.1. The molecule has 1 saturated heterocycles. The van der Waals surface area contributed by atoms with Crippen molar-refractivity contribution >= 4 is 17.5 Å². The zero-order valence-corrected chi connectivity index (χ0v) is 18.5. The monoisotopic (exact) mass is 433 g/mol. The first kappa shape index (κ1) is 21.7. The Morgan fingerprint density at radius 2 is 2.00 bits per heavy atom. The van der Waals surface area contributed by atoms with Gasteiger partial charge in [0.2, 0.25) is 11.9 Å². The van der Waals surface area contributed by atoms with E-state index in [2.05, 4.69) is 20.3 Å². The zero-order chi connectivity index (χ0) is 22.5. The van der Waals surface area contributed by atoms with Crippen molar-refractivity contribution in [2.45, 2.75) is 26.4 Å². The van der Waals surface area contributed by atoms with Crippen molar-refractivity contribution in [2.24, 2.45) is 0 Å². The van der Waals surface area contributed by atoms with Gasteiger partial charge in [0.25, 0.3) is 0 Å². The number of aryl methyl sites for hydroxylation is 2. The van der Waals surface area contributed by atoms with Gasteiger partial charge in [-0.2, -0.15) is 0 Å². The molecule has 0 spiro atoms. The van der Waals surface area contributed by atoms with Crippen LogP contribution in [0.3, 0.4) is 0 Å². The summed E-state index contributed by atoms with van der Waals surface area (Å²) in [6.07, 6.45) is 1.80. The molecule has 1 N–H and O–H groups in total. The lowest BCUT2D eigenvalue weighted by atomic mass is 10.1. The Morgan fingerprint density at radius 3 is 2.72 bits per heavy atom. The molecular formula is C24H27N5O3. The van der Waals surface area contributed by atoms with E-state index in [1.54, 1.807) is 13.3 Å². The fraction of sp³-hybridized carbons (Fsp3) is 0.333. The summed E-state index contributed by atoms with van der Waals surface area (Å²) in [6, 6.07) is 13.3. The predicted molar refractivity (Wildman–Crippen MR) is 121 cm³/mol. The van der Waals surface area contributed by atoms with Crippen LogP contribution in [0.2, 0.25) is 0 Å². The summed E-state index contributed by atoms with van der Waals surface area (Å²) >= 11 is 0. The lowest BCUT2D eigenvalue weighted by molar-refractivity contribution is -0.138. The summed E-state index contributed by atoms with van der Waals surface area (Å²) in [5, 5.41) is 3.18. The van der Waals surface area contributed by atoms with E-state index in [4.69, 9.17) is 9.47 Å². The summed E-state index contributed by atoms with van der Waals surface area (Å²) in [5.41, 5.74) is 4.31. The average molecular weight is 434 g/mol. The molecule has 1 aliphatic heterocycles. The third-order valence-electron chi connectivity index (χ3n) is 5.26. The summed E-state index contributed by atoms with van der Waals surface area (Å²) in [4.78, 5) is 28.0. The molecule has 0 radical (unpaired) electrons. The van der Waals surface area contributed by atoms with Gasteiger partial charge in [-0.05, 0) is 49.7 Å². The molecule has 8 heteroatoms. The Bertz CT molecular complexity index is 1070. The Balaban J connectivity index is 1.38. The van der Waals surface area contributed by atoms with Gasteiger partial charge in [-0.1, -0.05) is 12.1 Å². The van der Waals surface area contributed by atoms with Crippen LogP contribution in [0, 0.1) is 13.8 Å². The number of pyridine rings is 1. The van der Waals surface area contributed by atoms with Crippen molar-refractivity contribution in [3.05, 3.63) is 71.3 Å². The van der Waals surface area contributed by atoms with Gasteiger partial charge in [-0.25, -0.2) is 9.97 Å². The fourth-order valence-corrected chi connectivity index (χ4v) is 3.70. The highest BCUT2D eigenvalue weighted by atomic mass is 16.5. The van der Waals surface area contributed by atoms with Crippen LogP contribution in [0.15, 0.2) is 48.7 Å². The van der Waals surface area contributed by atoms with Crippen molar-refractivity contribution < 1.29 is 14.3 Å². The standard InChI is InChI=1S/C24H27N5O3/c1-16-11-17(2)27-24(26-16)28-19-7-8-21(25-14-19)22-15-29(9-10-32-22)23(30)13-18-5-4-6-20(12-18)31-3/h4-8,11-12,14,22H,9-10,13,15H2,1-3H3,(H,26,27,28)/t22-/m1/s1. The zero-order valence-electron chi connectivity index (χ0n) is 18.5. The van der Waals surface area contributed by atoms with Crippen molar-refractivity contribution in [1.82, 2.24) is 19.9 Å². The van der Waals surface area contributed by atoms with Crippen molar-refractivity contribution in [3.63, 3.8) is 0 Å². The quantitative estimate of drug-likeness (QED) is 0.637. The van der Waals surface area contributed by atoms with Gasteiger partial charge < -0.3 is 19.7 Å². The van der Waals surface area contributed by atoms with E-state index in [0.29, 0.717) is 32.1 Å². The molecule has 1 amide bonds. The number of carbonyl (C=O) groups excluding carboxylic acids is 1. The molecule has 0 unspecified atom stereocenters.